The number of benzene rings is 1. The molecule has 0 fully saturated rings. The molecule has 0 saturated carbocycles. The summed E-state index contributed by atoms with van der Waals surface area (Å²) >= 11 is 0. The van der Waals surface area contributed by atoms with Gasteiger partial charge in [-0.15, -0.1) is 0 Å². The van der Waals surface area contributed by atoms with E-state index in [1.54, 1.807) is 7.11 Å². The Morgan fingerprint density at radius 3 is 3.00 bits per heavy atom. The fraction of sp³-hybridized carbons (Fsp3) is 0.571. The summed E-state index contributed by atoms with van der Waals surface area (Å²) in [6.07, 6.45) is 3.52. The second-order valence-corrected chi connectivity index (χ2v) is 4.77. The number of anilines is 1. The molecule has 94 valence electrons. The minimum absolute atomic E-state index is 0.562. The number of nitrogens with one attached hydrogen (secondary N) is 2. The van der Waals surface area contributed by atoms with Crippen LogP contribution >= 0.6 is 0 Å². The van der Waals surface area contributed by atoms with Crippen molar-refractivity contribution in [3.05, 3.63) is 23.3 Å². The van der Waals surface area contributed by atoms with Crippen molar-refractivity contribution >= 4 is 5.69 Å². The molecule has 0 radical (unpaired) electrons. The van der Waals surface area contributed by atoms with E-state index in [4.69, 9.17) is 4.74 Å². The predicted molar refractivity (Wildman–Crippen MR) is 72.0 cm³/mol. The maximum Gasteiger partial charge on any atom is 0.142 e. The normalized spacial score (nSPS) is 18.4. The fourth-order valence-corrected chi connectivity index (χ4v) is 2.49. The first-order valence-electron chi connectivity index (χ1n) is 6.33. The van der Waals surface area contributed by atoms with Gasteiger partial charge in [0.2, 0.25) is 0 Å². The lowest BCUT2D eigenvalue weighted by Crippen LogP contribution is -2.29. The van der Waals surface area contributed by atoms with Gasteiger partial charge in [-0.3, -0.25) is 0 Å². The molecule has 0 amide bonds. The molecule has 3 nitrogen and oxygen atoms in total. The molecule has 1 aromatic rings. The number of hydrogen-bond acceptors (Lipinski definition) is 3. The van der Waals surface area contributed by atoms with Crippen molar-refractivity contribution in [3.63, 3.8) is 0 Å². The lowest BCUT2D eigenvalue weighted by molar-refractivity contribution is 0.413. The Kier molecular flexibility index (Phi) is 3.89. The number of fused-ring (bicyclic) bond motifs is 1. The molecule has 2 N–H and O–H groups in total. The number of aryl methyl sites for hydroxylation is 2. The third-order valence-electron chi connectivity index (χ3n) is 3.40. The smallest absolute Gasteiger partial charge is 0.142 e. The lowest BCUT2D eigenvalue weighted by atomic mass is 9.94. The molecule has 1 aliphatic heterocycles. The number of ether oxygens (including phenoxy) is 1. The van der Waals surface area contributed by atoms with Crippen molar-refractivity contribution in [2.45, 2.75) is 32.2 Å². The summed E-state index contributed by atoms with van der Waals surface area (Å²) in [5.74, 6) is 0.981. The Labute approximate surface area is 104 Å². The zero-order valence-electron chi connectivity index (χ0n) is 11.0. The predicted octanol–water partition coefficient (Wildman–Crippen LogP) is 2.34. The molecule has 2 rings (SSSR count). The Morgan fingerprint density at radius 2 is 2.29 bits per heavy atom. The van der Waals surface area contributed by atoms with Crippen LogP contribution in [-0.2, 0) is 6.42 Å². The second-order valence-electron chi connectivity index (χ2n) is 4.77. The summed E-state index contributed by atoms with van der Waals surface area (Å²) in [6.45, 7) is 3.18. The largest absolute Gasteiger partial charge is 0.495 e. The van der Waals surface area contributed by atoms with Crippen molar-refractivity contribution in [1.29, 1.82) is 0 Å². The first-order valence-corrected chi connectivity index (χ1v) is 6.33. The summed E-state index contributed by atoms with van der Waals surface area (Å²) in [7, 11) is 3.74. The Balaban J connectivity index is 2.18. The van der Waals surface area contributed by atoms with Crippen molar-refractivity contribution < 1.29 is 4.74 Å². The van der Waals surface area contributed by atoms with Crippen molar-refractivity contribution in [1.82, 2.24) is 5.32 Å². The molecule has 0 saturated heterocycles. The molecule has 1 unspecified atom stereocenters. The van der Waals surface area contributed by atoms with E-state index in [1.807, 2.05) is 7.05 Å². The highest BCUT2D eigenvalue weighted by Crippen LogP contribution is 2.35. The van der Waals surface area contributed by atoms with Gasteiger partial charge < -0.3 is 15.4 Å². The van der Waals surface area contributed by atoms with Gasteiger partial charge in [-0.25, -0.2) is 0 Å². The monoisotopic (exact) mass is 234 g/mol. The Morgan fingerprint density at radius 1 is 1.47 bits per heavy atom. The van der Waals surface area contributed by atoms with Crippen LogP contribution in [0.3, 0.4) is 0 Å². The van der Waals surface area contributed by atoms with Gasteiger partial charge in [0, 0.05) is 6.04 Å². The van der Waals surface area contributed by atoms with Crippen molar-refractivity contribution in [3.8, 4) is 5.75 Å². The molecule has 17 heavy (non-hydrogen) atoms. The summed E-state index contributed by atoms with van der Waals surface area (Å²) < 4.78 is 5.47. The maximum absolute atomic E-state index is 5.47. The molecular formula is C14H22N2O. The van der Waals surface area contributed by atoms with Crippen LogP contribution in [0.5, 0.6) is 5.75 Å². The van der Waals surface area contributed by atoms with Crippen LogP contribution in [0.2, 0.25) is 0 Å². The SMILES string of the molecule is CNCCC1CCc2cc(C)cc(OC)c2N1. The molecule has 0 aliphatic carbocycles. The highest BCUT2D eigenvalue weighted by atomic mass is 16.5. The molecule has 1 atom stereocenters. The molecule has 1 heterocycles. The highest BCUT2D eigenvalue weighted by Gasteiger charge is 2.20. The third kappa shape index (κ3) is 2.72. The lowest BCUT2D eigenvalue weighted by Gasteiger charge is -2.28. The summed E-state index contributed by atoms with van der Waals surface area (Å²) in [5, 5.41) is 6.82. The highest BCUT2D eigenvalue weighted by molar-refractivity contribution is 5.65. The minimum Gasteiger partial charge on any atom is -0.495 e. The first-order chi connectivity index (χ1) is 8.24. The van der Waals surface area contributed by atoms with Crippen LogP contribution in [0.15, 0.2) is 12.1 Å². The van der Waals surface area contributed by atoms with Gasteiger partial charge in [0.1, 0.15) is 5.75 Å². The summed E-state index contributed by atoms with van der Waals surface area (Å²) in [5.41, 5.74) is 3.86. The van der Waals surface area contributed by atoms with E-state index in [1.165, 1.54) is 23.2 Å². The van der Waals surface area contributed by atoms with Gasteiger partial charge in [-0.2, -0.15) is 0 Å². The first kappa shape index (κ1) is 12.2. The zero-order valence-corrected chi connectivity index (χ0v) is 11.0. The van der Waals surface area contributed by atoms with Gasteiger partial charge in [-0.1, -0.05) is 6.07 Å². The van der Waals surface area contributed by atoms with Crippen LogP contribution in [0.25, 0.3) is 0 Å². The van der Waals surface area contributed by atoms with Gasteiger partial charge >= 0.3 is 0 Å². The van der Waals surface area contributed by atoms with Crippen LogP contribution < -0.4 is 15.4 Å². The van der Waals surface area contributed by atoms with E-state index in [0.717, 1.165) is 25.1 Å². The molecule has 3 heteroatoms. The molecule has 1 aromatic carbocycles. The van der Waals surface area contributed by atoms with Gasteiger partial charge in [0.05, 0.1) is 12.8 Å². The summed E-state index contributed by atoms with van der Waals surface area (Å²) in [4.78, 5) is 0. The minimum atomic E-state index is 0.562. The Bertz CT molecular complexity index is 373. The molecule has 0 aromatic heterocycles. The van der Waals surface area contributed by atoms with Gasteiger partial charge in [-0.05, 0) is 57.0 Å². The third-order valence-corrected chi connectivity index (χ3v) is 3.40. The van der Waals surface area contributed by atoms with Gasteiger partial charge in [0.25, 0.3) is 0 Å². The molecule has 0 bridgehead atoms. The quantitative estimate of drug-likeness (QED) is 0.839. The molecule has 1 aliphatic rings. The van der Waals surface area contributed by atoms with Crippen molar-refractivity contribution in [2.24, 2.45) is 0 Å². The number of methoxy groups -OCH3 is 1. The topological polar surface area (TPSA) is 33.3 Å². The van der Waals surface area contributed by atoms with E-state index >= 15 is 0 Å². The van der Waals surface area contributed by atoms with Crippen LogP contribution in [0, 0.1) is 6.92 Å². The zero-order chi connectivity index (χ0) is 12.3. The number of hydrogen-bond donors (Lipinski definition) is 2. The molecular weight excluding hydrogens is 212 g/mol. The van der Waals surface area contributed by atoms with E-state index < -0.39 is 0 Å². The average molecular weight is 234 g/mol. The standard InChI is InChI=1S/C14H22N2O/c1-10-8-11-4-5-12(6-7-15-2)16-14(11)13(9-10)17-3/h8-9,12,15-16H,4-7H2,1-3H3. The van der Waals surface area contributed by atoms with E-state index in [9.17, 15) is 0 Å². The van der Waals surface area contributed by atoms with Crippen LogP contribution in [0.4, 0.5) is 5.69 Å². The Hall–Kier alpha value is -1.22. The van der Waals surface area contributed by atoms with Crippen LogP contribution in [-0.4, -0.2) is 26.7 Å². The van der Waals surface area contributed by atoms with Gasteiger partial charge in [0.15, 0.2) is 0 Å². The van der Waals surface area contributed by atoms with E-state index in [0.29, 0.717) is 6.04 Å². The fourth-order valence-electron chi connectivity index (χ4n) is 2.49. The maximum atomic E-state index is 5.47. The second kappa shape index (κ2) is 5.41. The van der Waals surface area contributed by atoms with Crippen LogP contribution in [0.1, 0.15) is 24.0 Å². The number of rotatable bonds is 4. The average Bonchev–Trinajstić information content (AvgIpc) is 2.35. The molecule has 0 spiro atoms. The van der Waals surface area contributed by atoms with Crippen molar-refractivity contribution in [2.75, 3.05) is 26.0 Å². The summed E-state index contributed by atoms with van der Waals surface area (Å²) in [6, 6.07) is 4.93. The van der Waals surface area contributed by atoms with E-state index in [2.05, 4.69) is 29.7 Å². The van der Waals surface area contributed by atoms with E-state index in [-0.39, 0.29) is 0 Å².